The van der Waals surface area contributed by atoms with Gasteiger partial charge in [-0.3, -0.25) is 4.79 Å². The van der Waals surface area contributed by atoms with Gasteiger partial charge in [-0.15, -0.1) is 11.3 Å². The largest absolute Gasteiger partial charge is 0.336 e. The van der Waals surface area contributed by atoms with E-state index in [1.165, 1.54) is 29.5 Å². The highest BCUT2D eigenvalue weighted by Gasteiger charge is 2.15. The van der Waals surface area contributed by atoms with Gasteiger partial charge in [0, 0.05) is 18.0 Å². The van der Waals surface area contributed by atoms with Crippen LogP contribution in [0.2, 0.25) is 0 Å². The average molecular weight is 264 g/mol. The zero-order chi connectivity index (χ0) is 13.1. The summed E-state index contributed by atoms with van der Waals surface area (Å²) >= 11 is 1.50. The molecule has 5 heteroatoms. The predicted molar refractivity (Wildman–Crippen MR) is 69.0 cm³/mol. The number of hydrogen-bond acceptors (Lipinski definition) is 3. The first-order chi connectivity index (χ1) is 8.58. The lowest BCUT2D eigenvalue weighted by Crippen LogP contribution is -2.27. The van der Waals surface area contributed by atoms with Crippen molar-refractivity contribution in [2.45, 2.75) is 13.5 Å². The second-order valence-electron chi connectivity index (χ2n) is 4.10. The maximum atomic E-state index is 13.0. The Bertz CT molecular complexity index is 554. The third kappa shape index (κ3) is 2.73. The van der Waals surface area contributed by atoms with Crippen LogP contribution in [0.1, 0.15) is 21.6 Å². The molecule has 0 N–H and O–H groups in total. The minimum atomic E-state index is -0.328. The molecule has 1 amide bonds. The molecule has 0 unspecified atom stereocenters. The summed E-state index contributed by atoms with van der Waals surface area (Å²) in [6, 6.07) is 4.19. The summed E-state index contributed by atoms with van der Waals surface area (Å²) in [5.74, 6) is -0.452. The zero-order valence-corrected chi connectivity index (χ0v) is 11.0. The van der Waals surface area contributed by atoms with Crippen LogP contribution >= 0.6 is 11.3 Å². The predicted octanol–water partition coefficient (Wildman–Crippen LogP) is 2.86. The molecular weight excluding hydrogens is 251 g/mol. The van der Waals surface area contributed by atoms with Gasteiger partial charge >= 0.3 is 0 Å². The summed E-state index contributed by atoms with van der Waals surface area (Å²) in [6.45, 7) is 2.19. The molecule has 0 aliphatic heterocycles. The number of aryl methyl sites for hydroxylation is 1. The first kappa shape index (κ1) is 12.7. The van der Waals surface area contributed by atoms with E-state index < -0.39 is 0 Å². The first-order valence-corrected chi connectivity index (χ1v) is 6.41. The topological polar surface area (TPSA) is 33.2 Å². The molecule has 0 fully saturated rings. The highest BCUT2D eigenvalue weighted by Crippen LogP contribution is 2.14. The minimum Gasteiger partial charge on any atom is -0.336 e. The van der Waals surface area contributed by atoms with E-state index in [1.54, 1.807) is 24.4 Å². The van der Waals surface area contributed by atoms with Crippen molar-refractivity contribution in [1.82, 2.24) is 9.88 Å². The van der Waals surface area contributed by atoms with Crippen LogP contribution in [-0.4, -0.2) is 22.8 Å². The normalized spacial score (nSPS) is 10.4. The molecule has 0 saturated carbocycles. The Hall–Kier alpha value is -1.75. The van der Waals surface area contributed by atoms with Crippen LogP contribution in [0.5, 0.6) is 0 Å². The fraction of sp³-hybridized carbons (Fsp3) is 0.231. The Morgan fingerprint density at radius 1 is 1.50 bits per heavy atom. The van der Waals surface area contributed by atoms with E-state index in [2.05, 4.69) is 4.98 Å². The number of carbonyl (C=O) groups is 1. The van der Waals surface area contributed by atoms with E-state index in [9.17, 15) is 9.18 Å². The minimum absolute atomic E-state index is 0.125. The summed E-state index contributed by atoms with van der Waals surface area (Å²) in [6.07, 6.45) is 0. The molecule has 1 heterocycles. The Morgan fingerprint density at radius 3 is 2.89 bits per heavy atom. The van der Waals surface area contributed by atoms with Crippen LogP contribution in [-0.2, 0) is 6.54 Å². The molecule has 94 valence electrons. The van der Waals surface area contributed by atoms with Gasteiger partial charge in [-0.1, -0.05) is 0 Å². The molecule has 0 radical (unpaired) electrons. The molecular formula is C13H13FN2OS. The fourth-order valence-corrected chi connectivity index (χ4v) is 2.25. The molecule has 18 heavy (non-hydrogen) atoms. The van der Waals surface area contributed by atoms with Crippen molar-refractivity contribution in [2.75, 3.05) is 7.05 Å². The smallest absolute Gasteiger partial charge is 0.254 e. The number of thiazole rings is 1. The third-order valence-corrected chi connectivity index (χ3v) is 3.28. The van der Waals surface area contributed by atoms with E-state index >= 15 is 0 Å². The monoisotopic (exact) mass is 264 g/mol. The Balaban J connectivity index is 2.15. The summed E-state index contributed by atoms with van der Waals surface area (Å²) in [7, 11) is 1.71. The van der Waals surface area contributed by atoms with Gasteiger partial charge in [0.15, 0.2) is 0 Å². The van der Waals surface area contributed by atoms with Gasteiger partial charge in [0.25, 0.3) is 5.91 Å². The lowest BCUT2D eigenvalue weighted by molar-refractivity contribution is 0.0783. The second kappa shape index (κ2) is 5.27. The summed E-state index contributed by atoms with van der Waals surface area (Å²) in [5, 5.41) is 1.90. The lowest BCUT2D eigenvalue weighted by Gasteiger charge is -2.17. The second-order valence-corrected chi connectivity index (χ2v) is 4.82. The molecule has 3 nitrogen and oxygen atoms in total. The van der Waals surface area contributed by atoms with Crippen LogP contribution in [0.3, 0.4) is 0 Å². The van der Waals surface area contributed by atoms with Gasteiger partial charge in [0.1, 0.15) is 5.82 Å². The van der Waals surface area contributed by atoms with E-state index in [-0.39, 0.29) is 11.7 Å². The van der Waals surface area contributed by atoms with Crippen molar-refractivity contribution in [1.29, 1.82) is 0 Å². The van der Waals surface area contributed by atoms with Gasteiger partial charge in [0.2, 0.25) is 0 Å². The van der Waals surface area contributed by atoms with Crippen molar-refractivity contribution in [2.24, 2.45) is 0 Å². The number of benzene rings is 1. The molecule has 2 rings (SSSR count). The van der Waals surface area contributed by atoms with Crippen molar-refractivity contribution >= 4 is 17.2 Å². The van der Waals surface area contributed by atoms with Gasteiger partial charge in [-0.05, 0) is 30.7 Å². The SMILES string of the molecule is Cc1cc(F)ccc1C(=O)N(C)Cc1cscn1. The van der Waals surface area contributed by atoms with E-state index in [0.717, 1.165) is 5.69 Å². The van der Waals surface area contributed by atoms with Crippen molar-refractivity contribution < 1.29 is 9.18 Å². The van der Waals surface area contributed by atoms with E-state index in [4.69, 9.17) is 0 Å². The molecule has 0 saturated heterocycles. The highest BCUT2D eigenvalue weighted by atomic mass is 32.1. The zero-order valence-electron chi connectivity index (χ0n) is 10.2. The summed E-state index contributed by atoms with van der Waals surface area (Å²) < 4.78 is 13.0. The van der Waals surface area contributed by atoms with Gasteiger partial charge < -0.3 is 4.90 Å². The number of rotatable bonds is 3. The van der Waals surface area contributed by atoms with Crippen molar-refractivity contribution in [3.8, 4) is 0 Å². The fourth-order valence-electron chi connectivity index (χ4n) is 1.70. The maximum absolute atomic E-state index is 13.0. The molecule has 0 aliphatic carbocycles. The number of hydrogen-bond donors (Lipinski definition) is 0. The third-order valence-electron chi connectivity index (χ3n) is 2.65. The molecule has 0 bridgehead atoms. The van der Waals surface area contributed by atoms with Gasteiger partial charge in [-0.25, -0.2) is 9.37 Å². The molecule has 1 aromatic heterocycles. The average Bonchev–Trinajstić information content (AvgIpc) is 2.81. The van der Waals surface area contributed by atoms with Gasteiger partial charge in [0.05, 0.1) is 17.7 Å². The van der Waals surface area contributed by atoms with Crippen LogP contribution in [0.25, 0.3) is 0 Å². The summed E-state index contributed by atoms with van der Waals surface area (Å²) in [5.41, 5.74) is 3.76. The van der Waals surface area contributed by atoms with Crippen molar-refractivity contribution in [3.05, 3.63) is 51.7 Å². The molecule has 2 aromatic rings. The van der Waals surface area contributed by atoms with Gasteiger partial charge in [-0.2, -0.15) is 0 Å². The van der Waals surface area contributed by atoms with Crippen LogP contribution in [0, 0.1) is 12.7 Å². The number of aromatic nitrogens is 1. The number of halogens is 1. The number of amides is 1. The van der Waals surface area contributed by atoms with Crippen LogP contribution in [0.4, 0.5) is 4.39 Å². The van der Waals surface area contributed by atoms with Crippen LogP contribution in [0.15, 0.2) is 29.1 Å². The number of nitrogens with zero attached hydrogens (tertiary/aromatic N) is 2. The summed E-state index contributed by atoms with van der Waals surface area (Å²) in [4.78, 5) is 17.9. The van der Waals surface area contributed by atoms with Crippen molar-refractivity contribution in [3.63, 3.8) is 0 Å². The highest BCUT2D eigenvalue weighted by molar-refractivity contribution is 7.07. The molecule has 1 aromatic carbocycles. The number of carbonyl (C=O) groups excluding carboxylic acids is 1. The standard InChI is InChI=1S/C13H13FN2OS/c1-9-5-10(14)3-4-12(9)13(17)16(2)6-11-7-18-8-15-11/h3-5,7-8H,6H2,1-2H3. The molecule has 0 aliphatic rings. The van der Waals surface area contributed by atoms with E-state index in [0.29, 0.717) is 17.7 Å². The van der Waals surface area contributed by atoms with E-state index in [1.807, 2.05) is 5.38 Å². The quantitative estimate of drug-likeness (QED) is 0.854. The van der Waals surface area contributed by atoms with Crippen LogP contribution < -0.4 is 0 Å². The Morgan fingerprint density at radius 2 is 2.28 bits per heavy atom. The molecule has 0 spiro atoms. The lowest BCUT2D eigenvalue weighted by atomic mass is 10.1. The molecule has 0 atom stereocenters. The Kier molecular flexibility index (Phi) is 3.72. The first-order valence-electron chi connectivity index (χ1n) is 5.46. The Labute approximate surface area is 109 Å². The maximum Gasteiger partial charge on any atom is 0.254 e.